The standard InChI is InChI=1S/C14H17ClN4OS/c1-9-10(15)5-4-6-11(9)17-18-12(13(16)21)14(20)19-7-2-3-8-19/h4-6,17H,2-3,7-8H2,1H3,(H2,16,21)/b18-12+. The largest absolute Gasteiger partial charge is 0.388 e. The summed E-state index contributed by atoms with van der Waals surface area (Å²) in [6, 6.07) is 5.41. The number of nitrogens with one attached hydrogen (secondary N) is 1. The maximum atomic E-state index is 12.3. The lowest BCUT2D eigenvalue weighted by Gasteiger charge is -2.16. The number of amides is 1. The third-order valence-electron chi connectivity index (χ3n) is 3.39. The minimum absolute atomic E-state index is 0.0147. The quantitative estimate of drug-likeness (QED) is 0.506. The second-order valence-electron chi connectivity index (χ2n) is 4.85. The van der Waals surface area contributed by atoms with E-state index in [9.17, 15) is 4.79 Å². The number of carbonyl (C=O) groups is 1. The number of halogens is 1. The molecule has 0 atom stereocenters. The van der Waals surface area contributed by atoms with Crippen molar-refractivity contribution in [1.29, 1.82) is 0 Å². The summed E-state index contributed by atoms with van der Waals surface area (Å²) >= 11 is 11.0. The zero-order valence-electron chi connectivity index (χ0n) is 11.7. The number of hydrogen-bond donors (Lipinski definition) is 2. The van der Waals surface area contributed by atoms with E-state index >= 15 is 0 Å². The average molecular weight is 325 g/mol. The SMILES string of the molecule is Cc1c(Cl)cccc1N/N=C(/C(=O)N1CCCC1)C(N)=S. The minimum atomic E-state index is -0.229. The van der Waals surface area contributed by atoms with E-state index in [1.54, 1.807) is 17.0 Å². The maximum absolute atomic E-state index is 12.3. The van der Waals surface area contributed by atoms with E-state index < -0.39 is 0 Å². The highest BCUT2D eigenvalue weighted by molar-refractivity contribution is 7.82. The number of hydrazone groups is 1. The predicted molar refractivity (Wildman–Crippen MR) is 89.8 cm³/mol. The Morgan fingerprint density at radius 1 is 1.43 bits per heavy atom. The van der Waals surface area contributed by atoms with E-state index in [1.807, 2.05) is 13.0 Å². The third-order valence-corrected chi connectivity index (χ3v) is 3.99. The summed E-state index contributed by atoms with van der Waals surface area (Å²) in [6.45, 7) is 3.30. The van der Waals surface area contributed by atoms with Crippen molar-refractivity contribution in [2.75, 3.05) is 18.5 Å². The molecule has 21 heavy (non-hydrogen) atoms. The smallest absolute Gasteiger partial charge is 0.277 e. The predicted octanol–water partition coefficient (Wildman–Crippen LogP) is 2.32. The summed E-state index contributed by atoms with van der Waals surface area (Å²) in [5.74, 6) is -0.229. The lowest BCUT2D eigenvalue weighted by molar-refractivity contribution is -0.122. The van der Waals surface area contributed by atoms with E-state index in [0.29, 0.717) is 10.7 Å². The summed E-state index contributed by atoms with van der Waals surface area (Å²) in [6.07, 6.45) is 1.99. The summed E-state index contributed by atoms with van der Waals surface area (Å²) in [7, 11) is 0. The zero-order chi connectivity index (χ0) is 15.4. The van der Waals surface area contributed by atoms with Gasteiger partial charge >= 0.3 is 0 Å². The summed E-state index contributed by atoms with van der Waals surface area (Å²) in [5.41, 5.74) is 10.1. The summed E-state index contributed by atoms with van der Waals surface area (Å²) in [5, 5.41) is 4.71. The Morgan fingerprint density at radius 3 is 2.71 bits per heavy atom. The molecule has 1 aliphatic heterocycles. The van der Waals surface area contributed by atoms with Crippen LogP contribution in [0.3, 0.4) is 0 Å². The van der Waals surface area contributed by atoms with Crippen LogP contribution in [0.4, 0.5) is 5.69 Å². The Morgan fingerprint density at radius 2 is 2.10 bits per heavy atom. The minimum Gasteiger partial charge on any atom is -0.388 e. The Labute approximate surface area is 134 Å². The van der Waals surface area contributed by atoms with Gasteiger partial charge in [0, 0.05) is 18.1 Å². The lowest BCUT2D eigenvalue weighted by atomic mass is 10.2. The van der Waals surface area contributed by atoms with Gasteiger partial charge in [0.15, 0.2) is 5.71 Å². The van der Waals surface area contributed by atoms with E-state index in [1.165, 1.54) is 0 Å². The molecule has 1 fully saturated rings. The van der Waals surface area contributed by atoms with Crippen LogP contribution in [0.2, 0.25) is 5.02 Å². The highest BCUT2D eigenvalue weighted by atomic mass is 35.5. The molecule has 0 radical (unpaired) electrons. The van der Waals surface area contributed by atoms with E-state index in [0.717, 1.165) is 31.5 Å². The van der Waals surface area contributed by atoms with E-state index in [-0.39, 0.29) is 16.6 Å². The first kappa shape index (κ1) is 15.7. The zero-order valence-corrected chi connectivity index (χ0v) is 13.3. The number of likely N-dealkylation sites (tertiary alicyclic amines) is 1. The molecule has 5 nitrogen and oxygen atoms in total. The van der Waals surface area contributed by atoms with Crippen molar-refractivity contribution >= 4 is 46.1 Å². The van der Waals surface area contributed by atoms with Crippen LogP contribution in [0.1, 0.15) is 18.4 Å². The molecule has 112 valence electrons. The van der Waals surface area contributed by atoms with Gasteiger partial charge in [-0.2, -0.15) is 5.10 Å². The van der Waals surface area contributed by atoms with Crippen LogP contribution < -0.4 is 11.2 Å². The molecular weight excluding hydrogens is 308 g/mol. The van der Waals surface area contributed by atoms with Crippen LogP contribution in [0, 0.1) is 6.92 Å². The number of anilines is 1. The number of hydrogen-bond acceptors (Lipinski definition) is 4. The fourth-order valence-corrected chi connectivity index (χ4v) is 2.43. The molecule has 1 aliphatic rings. The summed E-state index contributed by atoms with van der Waals surface area (Å²) < 4.78 is 0. The second-order valence-corrected chi connectivity index (χ2v) is 5.70. The number of thiocarbonyl (C=S) groups is 1. The van der Waals surface area contributed by atoms with Crippen molar-refractivity contribution in [1.82, 2.24) is 4.90 Å². The van der Waals surface area contributed by atoms with Crippen molar-refractivity contribution < 1.29 is 4.79 Å². The van der Waals surface area contributed by atoms with Gasteiger partial charge in [-0.15, -0.1) is 0 Å². The Bertz CT molecular complexity index is 597. The van der Waals surface area contributed by atoms with Crippen molar-refractivity contribution in [3.05, 3.63) is 28.8 Å². The molecule has 0 aliphatic carbocycles. The number of nitrogens with zero attached hydrogens (tertiary/aromatic N) is 2. The van der Waals surface area contributed by atoms with E-state index in [2.05, 4.69) is 10.5 Å². The number of carbonyl (C=O) groups excluding carboxylic acids is 1. The molecule has 0 spiro atoms. The Hall–Kier alpha value is -1.66. The monoisotopic (exact) mass is 324 g/mol. The molecule has 1 heterocycles. The number of benzene rings is 1. The van der Waals surface area contributed by atoms with Crippen LogP contribution in [-0.2, 0) is 4.79 Å². The molecule has 1 aromatic carbocycles. The molecule has 7 heteroatoms. The fraction of sp³-hybridized carbons (Fsp3) is 0.357. The van der Waals surface area contributed by atoms with Crippen LogP contribution in [0.25, 0.3) is 0 Å². The highest BCUT2D eigenvalue weighted by Crippen LogP contribution is 2.22. The molecule has 1 aromatic rings. The first-order valence-corrected chi connectivity index (χ1v) is 7.47. The van der Waals surface area contributed by atoms with Crippen molar-refractivity contribution in [3.8, 4) is 0 Å². The van der Waals surface area contributed by atoms with E-state index in [4.69, 9.17) is 29.6 Å². The van der Waals surface area contributed by atoms with Crippen LogP contribution in [0.5, 0.6) is 0 Å². The van der Waals surface area contributed by atoms with Crippen LogP contribution in [-0.4, -0.2) is 34.6 Å². The Balaban J connectivity index is 2.20. The van der Waals surface area contributed by atoms with Gasteiger partial charge in [0.25, 0.3) is 5.91 Å². The van der Waals surface area contributed by atoms with Gasteiger partial charge in [0.05, 0.1) is 5.69 Å². The van der Waals surface area contributed by atoms with Gasteiger partial charge in [-0.1, -0.05) is 29.9 Å². The topological polar surface area (TPSA) is 70.7 Å². The molecular formula is C14H17ClN4OS. The van der Waals surface area contributed by atoms with Gasteiger partial charge in [-0.3, -0.25) is 10.2 Å². The van der Waals surface area contributed by atoms with Gasteiger partial charge in [-0.05, 0) is 37.5 Å². The molecule has 0 aromatic heterocycles. The first-order valence-electron chi connectivity index (χ1n) is 6.68. The summed E-state index contributed by atoms with van der Waals surface area (Å²) in [4.78, 5) is 14.0. The first-order chi connectivity index (χ1) is 10.0. The van der Waals surface area contributed by atoms with Crippen LogP contribution in [0.15, 0.2) is 23.3 Å². The molecule has 1 amide bonds. The fourth-order valence-electron chi connectivity index (χ4n) is 2.12. The van der Waals surface area contributed by atoms with Crippen molar-refractivity contribution in [2.24, 2.45) is 10.8 Å². The average Bonchev–Trinajstić information content (AvgIpc) is 2.97. The number of rotatable bonds is 4. The van der Waals surface area contributed by atoms with Gasteiger partial charge in [-0.25, -0.2) is 0 Å². The molecule has 1 saturated heterocycles. The van der Waals surface area contributed by atoms with Gasteiger partial charge in [0.1, 0.15) is 4.99 Å². The van der Waals surface area contributed by atoms with Gasteiger partial charge in [0.2, 0.25) is 0 Å². The van der Waals surface area contributed by atoms with Crippen LogP contribution >= 0.6 is 23.8 Å². The molecule has 0 unspecified atom stereocenters. The number of nitrogens with two attached hydrogens (primary N) is 1. The molecule has 2 rings (SSSR count). The third kappa shape index (κ3) is 3.71. The lowest BCUT2D eigenvalue weighted by Crippen LogP contribution is -2.40. The Kier molecular flexibility index (Phi) is 5.14. The normalized spacial score (nSPS) is 15.1. The van der Waals surface area contributed by atoms with Crippen molar-refractivity contribution in [3.63, 3.8) is 0 Å². The molecule has 3 N–H and O–H groups in total. The molecule has 0 bridgehead atoms. The van der Waals surface area contributed by atoms with Gasteiger partial charge < -0.3 is 10.6 Å². The maximum Gasteiger partial charge on any atom is 0.277 e. The van der Waals surface area contributed by atoms with Crippen molar-refractivity contribution in [2.45, 2.75) is 19.8 Å². The molecule has 0 saturated carbocycles. The highest BCUT2D eigenvalue weighted by Gasteiger charge is 2.24. The second kappa shape index (κ2) is 6.87.